The van der Waals surface area contributed by atoms with E-state index in [4.69, 9.17) is 23.9 Å². The molecule has 2 fully saturated rings. The zero-order valence-corrected chi connectivity index (χ0v) is 28.3. The van der Waals surface area contributed by atoms with Crippen LogP contribution >= 0.6 is 0 Å². The number of ketones is 1. The minimum atomic E-state index is -0.0473. The van der Waals surface area contributed by atoms with Crippen LogP contribution in [-0.2, 0) is 11.2 Å². The number of anilines is 1. The third-order valence-corrected chi connectivity index (χ3v) is 9.92. The maximum absolute atomic E-state index is 13.7. The number of hydrogen-bond acceptors (Lipinski definition) is 10. The van der Waals surface area contributed by atoms with Crippen molar-refractivity contribution in [1.82, 2.24) is 19.9 Å². The number of fused-ring (bicyclic) bond motifs is 3. The Morgan fingerprint density at radius 2 is 1.76 bits per heavy atom. The maximum Gasteiger partial charge on any atom is 0.187 e. The molecule has 4 aliphatic heterocycles. The van der Waals surface area contributed by atoms with E-state index in [-0.39, 0.29) is 12.2 Å². The number of piperidine rings is 1. The summed E-state index contributed by atoms with van der Waals surface area (Å²) in [5.74, 6) is 2.79. The lowest BCUT2D eigenvalue weighted by Crippen LogP contribution is -2.40. The number of rotatable bonds is 12. The van der Waals surface area contributed by atoms with Crippen LogP contribution in [0.5, 0.6) is 23.0 Å². The Morgan fingerprint density at radius 1 is 0.920 bits per heavy atom. The van der Waals surface area contributed by atoms with Gasteiger partial charge in [-0.05, 0) is 55.2 Å². The molecule has 3 aromatic heterocycles. The number of Topliss-reactive ketones (excluding diaryl/α,β-unsaturated/α-hetero) is 1. The van der Waals surface area contributed by atoms with E-state index in [1.165, 1.54) is 5.69 Å². The molecule has 10 heteroatoms. The van der Waals surface area contributed by atoms with Crippen LogP contribution < -0.4 is 19.1 Å². The summed E-state index contributed by atoms with van der Waals surface area (Å²) in [5.41, 5.74) is 6.34. The second kappa shape index (κ2) is 14.4. The number of aromatic nitrogens is 3. The second-order valence-electron chi connectivity index (χ2n) is 13.1. The Hall–Kier alpha value is -5.06. The van der Waals surface area contributed by atoms with Gasteiger partial charge in [-0.2, -0.15) is 0 Å². The summed E-state index contributed by atoms with van der Waals surface area (Å²) < 4.78 is 23.5. The SMILES string of the molecule is COc1cc2c(Oc3ccc(CC(=O)c4cc(-c5ccccc5)c5c(n4)C4CCN5CC4)nc3)ccnc2cc1OCCCN1CCOCC1. The summed E-state index contributed by atoms with van der Waals surface area (Å²) in [4.78, 5) is 32.6. The number of carbonyl (C=O) groups is 1. The van der Waals surface area contributed by atoms with E-state index in [0.29, 0.717) is 46.9 Å². The third-order valence-electron chi connectivity index (χ3n) is 9.92. The molecule has 0 radical (unpaired) electrons. The fourth-order valence-electron chi connectivity index (χ4n) is 7.27. The monoisotopic (exact) mass is 671 g/mol. The predicted octanol–water partition coefficient (Wildman–Crippen LogP) is 6.72. The molecule has 0 N–H and O–H groups in total. The second-order valence-corrected chi connectivity index (χ2v) is 13.1. The van der Waals surface area contributed by atoms with Crippen LogP contribution in [0.25, 0.3) is 22.0 Å². The number of benzene rings is 2. The Kier molecular flexibility index (Phi) is 9.28. The highest BCUT2D eigenvalue weighted by molar-refractivity contribution is 5.98. The van der Waals surface area contributed by atoms with Gasteiger partial charge in [-0.25, -0.2) is 4.98 Å². The van der Waals surface area contributed by atoms with Crippen LogP contribution in [0.3, 0.4) is 0 Å². The first-order valence-electron chi connectivity index (χ1n) is 17.5. The third kappa shape index (κ3) is 6.73. The van der Waals surface area contributed by atoms with Gasteiger partial charge in [0.1, 0.15) is 17.2 Å². The van der Waals surface area contributed by atoms with E-state index in [1.807, 2.05) is 54.6 Å². The molecule has 4 aliphatic rings. The van der Waals surface area contributed by atoms with Crippen molar-refractivity contribution in [3.8, 4) is 34.1 Å². The lowest BCUT2D eigenvalue weighted by molar-refractivity contribution is 0.0357. The molecule has 10 nitrogen and oxygen atoms in total. The normalized spacial score (nSPS) is 16.0. The highest BCUT2D eigenvalue weighted by Gasteiger charge is 2.35. The average Bonchev–Trinajstić information content (AvgIpc) is 3.18. The Morgan fingerprint density at radius 3 is 2.54 bits per heavy atom. The standard InChI is InChI=1S/C40H41N5O5/c1-47-37-24-32-33(25-38(37)49-19-5-14-44-17-20-48-21-18-44)41-13-10-36(32)50-30-9-8-29(42-26-30)22-35(46)34-23-31(27-6-3-2-4-7-27)40-39(43-34)28-11-15-45(40)16-12-28/h2-4,6-10,13,23-26,28H,5,11-12,14-22H2,1H3. The molecule has 50 heavy (non-hydrogen) atoms. The van der Waals surface area contributed by atoms with Crippen LogP contribution in [0.15, 0.2) is 79.1 Å². The lowest BCUT2D eigenvalue weighted by atomic mass is 9.83. The van der Waals surface area contributed by atoms with Crippen LogP contribution in [0.1, 0.15) is 47.1 Å². The van der Waals surface area contributed by atoms with E-state index in [0.717, 1.165) is 92.9 Å². The van der Waals surface area contributed by atoms with Crippen molar-refractivity contribution < 1.29 is 23.7 Å². The van der Waals surface area contributed by atoms with Crippen LogP contribution in [0, 0.1) is 0 Å². The zero-order valence-electron chi connectivity index (χ0n) is 28.3. The highest BCUT2D eigenvalue weighted by Crippen LogP contribution is 2.46. The van der Waals surface area contributed by atoms with Crippen molar-refractivity contribution in [2.75, 3.05) is 64.6 Å². The van der Waals surface area contributed by atoms with Crippen molar-refractivity contribution >= 4 is 22.4 Å². The van der Waals surface area contributed by atoms with E-state index in [1.54, 1.807) is 19.5 Å². The molecule has 2 bridgehead atoms. The predicted molar refractivity (Wildman–Crippen MR) is 192 cm³/mol. The van der Waals surface area contributed by atoms with Gasteiger partial charge in [0.25, 0.3) is 0 Å². The first-order valence-corrected chi connectivity index (χ1v) is 17.5. The number of pyridine rings is 3. The van der Waals surface area contributed by atoms with Gasteiger partial charge < -0.3 is 23.8 Å². The molecule has 0 saturated carbocycles. The summed E-state index contributed by atoms with van der Waals surface area (Å²) in [5, 5.41) is 0.794. The Balaban J connectivity index is 0.958. The van der Waals surface area contributed by atoms with E-state index in [9.17, 15) is 4.79 Å². The number of morpholine rings is 1. The van der Waals surface area contributed by atoms with Gasteiger partial charge in [0, 0.05) is 67.5 Å². The minimum absolute atomic E-state index is 0.0473. The number of methoxy groups -OCH3 is 1. The van der Waals surface area contributed by atoms with E-state index >= 15 is 0 Å². The molecule has 9 rings (SSSR count). The number of hydrogen-bond donors (Lipinski definition) is 0. The summed E-state index contributed by atoms with van der Waals surface area (Å²) in [6.45, 7) is 7.13. The Bertz CT molecular complexity index is 1970. The van der Waals surface area contributed by atoms with Crippen molar-refractivity contribution in [2.24, 2.45) is 0 Å². The van der Waals surface area contributed by atoms with Gasteiger partial charge in [0.15, 0.2) is 17.3 Å². The van der Waals surface area contributed by atoms with E-state index in [2.05, 4.69) is 31.9 Å². The fourth-order valence-corrected chi connectivity index (χ4v) is 7.27. The molecule has 0 aliphatic carbocycles. The molecule has 2 aromatic carbocycles. The van der Waals surface area contributed by atoms with Gasteiger partial charge in [0.05, 0.1) is 56.4 Å². The lowest BCUT2D eigenvalue weighted by Gasteiger charge is -2.42. The molecule has 0 atom stereocenters. The average molecular weight is 672 g/mol. The van der Waals surface area contributed by atoms with Crippen LogP contribution in [0.2, 0.25) is 0 Å². The quantitative estimate of drug-likeness (QED) is 0.105. The smallest absolute Gasteiger partial charge is 0.187 e. The van der Waals surface area contributed by atoms with Crippen molar-refractivity contribution in [3.05, 3.63) is 96.2 Å². The van der Waals surface area contributed by atoms with Gasteiger partial charge in [-0.3, -0.25) is 19.7 Å². The number of carbonyl (C=O) groups excluding carboxylic acids is 1. The van der Waals surface area contributed by atoms with Gasteiger partial charge in [-0.1, -0.05) is 30.3 Å². The van der Waals surface area contributed by atoms with E-state index < -0.39 is 0 Å². The molecule has 256 valence electrons. The van der Waals surface area contributed by atoms with Gasteiger partial charge in [0.2, 0.25) is 0 Å². The first-order chi connectivity index (χ1) is 24.6. The molecular formula is C40H41N5O5. The highest BCUT2D eigenvalue weighted by atomic mass is 16.5. The largest absolute Gasteiger partial charge is 0.493 e. The molecule has 7 heterocycles. The molecule has 0 spiro atoms. The number of nitrogens with zero attached hydrogens (tertiary/aromatic N) is 5. The molecule has 5 aromatic rings. The van der Waals surface area contributed by atoms with Crippen molar-refractivity contribution in [2.45, 2.75) is 31.6 Å². The maximum atomic E-state index is 13.7. The molecule has 2 saturated heterocycles. The Labute approximate surface area is 292 Å². The molecule has 0 unspecified atom stereocenters. The van der Waals surface area contributed by atoms with Crippen molar-refractivity contribution in [3.63, 3.8) is 0 Å². The summed E-state index contributed by atoms with van der Waals surface area (Å²) in [6.07, 6.45) is 6.59. The summed E-state index contributed by atoms with van der Waals surface area (Å²) in [7, 11) is 1.63. The molecular weight excluding hydrogens is 630 g/mol. The van der Waals surface area contributed by atoms with Crippen LogP contribution in [-0.4, -0.2) is 85.3 Å². The van der Waals surface area contributed by atoms with Crippen LogP contribution in [0.4, 0.5) is 5.69 Å². The van der Waals surface area contributed by atoms with Gasteiger partial charge >= 0.3 is 0 Å². The summed E-state index contributed by atoms with van der Waals surface area (Å²) in [6, 6.07) is 21.6. The fraction of sp³-hybridized carbons (Fsp3) is 0.350. The number of ether oxygens (including phenoxy) is 4. The molecule has 0 amide bonds. The minimum Gasteiger partial charge on any atom is -0.493 e. The van der Waals surface area contributed by atoms with Crippen molar-refractivity contribution in [1.29, 1.82) is 0 Å². The summed E-state index contributed by atoms with van der Waals surface area (Å²) >= 11 is 0. The zero-order chi connectivity index (χ0) is 33.9. The van der Waals surface area contributed by atoms with Gasteiger partial charge in [-0.15, -0.1) is 0 Å². The topological polar surface area (TPSA) is 99.1 Å². The first kappa shape index (κ1) is 32.2.